The summed E-state index contributed by atoms with van der Waals surface area (Å²) in [5.41, 5.74) is 0.546. The van der Waals surface area contributed by atoms with E-state index in [0.29, 0.717) is 9.90 Å². The number of hydrogen-bond donors (Lipinski definition) is 1. The van der Waals surface area contributed by atoms with Gasteiger partial charge in [0.1, 0.15) is 22.1 Å². The van der Waals surface area contributed by atoms with Crippen LogP contribution in [-0.2, 0) is 0 Å². The van der Waals surface area contributed by atoms with Crippen LogP contribution in [0.4, 0.5) is 8.78 Å². The van der Waals surface area contributed by atoms with Crippen molar-refractivity contribution in [2.45, 2.75) is 13.0 Å². The summed E-state index contributed by atoms with van der Waals surface area (Å²) in [5, 5.41) is 10.1. The second-order valence-corrected chi connectivity index (χ2v) is 6.09. The van der Waals surface area contributed by atoms with Gasteiger partial charge in [-0.2, -0.15) is 0 Å². The Morgan fingerprint density at radius 2 is 1.78 bits per heavy atom. The van der Waals surface area contributed by atoms with Gasteiger partial charge >= 0.3 is 0 Å². The molecule has 1 N–H and O–H groups in total. The van der Waals surface area contributed by atoms with Crippen LogP contribution < -0.4 is 0 Å². The van der Waals surface area contributed by atoms with Crippen molar-refractivity contribution in [3.8, 4) is 0 Å². The Morgan fingerprint density at radius 1 is 1.11 bits per heavy atom. The number of rotatable bonds is 2. The van der Waals surface area contributed by atoms with Crippen molar-refractivity contribution in [1.29, 1.82) is 0 Å². The average Bonchev–Trinajstić information content (AvgIpc) is 2.62. The van der Waals surface area contributed by atoms with Crippen molar-refractivity contribution >= 4 is 34.5 Å². The van der Waals surface area contributed by atoms with Crippen molar-refractivity contribution in [2.75, 3.05) is 0 Å². The fourth-order valence-electron chi connectivity index (χ4n) is 1.60. The Kier molecular flexibility index (Phi) is 3.92. The van der Waals surface area contributed by atoms with Crippen LogP contribution in [0.25, 0.3) is 0 Å². The van der Waals surface area contributed by atoms with Crippen LogP contribution in [0, 0.1) is 18.6 Å². The number of benzene rings is 1. The molecule has 0 radical (unpaired) electrons. The molecule has 2 aromatic rings. The second-order valence-electron chi connectivity index (χ2n) is 3.80. The molecule has 1 aromatic carbocycles. The van der Waals surface area contributed by atoms with Crippen molar-refractivity contribution in [3.63, 3.8) is 0 Å². The summed E-state index contributed by atoms with van der Waals surface area (Å²) in [4.78, 5) is 0. The van der Waals surface area contributed by atoms with E-state index in [-0.39, 0.29) is 15.5 Å². The van der Waals surface area contributed by atoms with Crippen LogP contribution in [0.15, 0.2) is 18.2 Å². The molecule has 0 bridgehead atoms. The topological polar surface area (TPSA) is 20.2 Å². The third kappa shape index (κ3) is 2.52. The molecule has 0 saturated heterocycles. The summed E-state index contributed by atoms with van der Waals surface area (Å²) in [6.07, 6.45) is -1.26. The summed E-state index contributed by atoms with van der Waals surface area (Å²) in [6.45, 7) is 1.49. The fraction of sp³-hybridized carbons (Fsp3) is 0.167. The second kappa shape index (κ2) is 5.13. The minimum Gasteiger partial charge on any atom is -0.383 e. The van der Waals surface area contributed by atoms with Crippen LogP contribution in [0.1, 0.15) is 22.8 Å². The van der Waals surface area contributed by atoms with Gasteiger partial charge in [-0.05, 0) is 24.6 Å². The maximum Gasteiger partial charge on any atom is 0.132 e. The molecule has 1 unspecified atom stereocenters. The maximum atomic E-state index is 13.6. The summed E-state index contributed by atoms with van der Waals surface area (Å²) in [7, 11) is 0. The van der Waals surface area contributed by atoms with E-state index in [0.717, 1.165) is 17.4 Å². The molecular weight excluding hydrogens is 301 g/mol. The van der Waals surface area contributed by atoms with Crippen molar-refractivity contribution in [2.24, 2.45) is 0 Å². The number of aliphatic hydroxyl groups excluding tert-OH is 1. The predicted molar refractivity (Wildman–Crippen MR) is 69.5 cm³/mol. The molecule has 0 amide bonds. The van der Waals surface area contributed by atoms with Gasteiger partial charge < -0.3 is 5.11 Å². The predicted octanol–water partition coefficient (Wildman–Crippen LogP) is 4.72. The number of halogens is 4. The average molecular weight is 309 g/mol. The number of aryl methyl sites for hydroxylation is 1. The minimum absolute atomic E-state index is 0.0229. The lowest BCUT2D eigenvalue weighted by Crippen LogP contribution is -2.03. The lowest BCUT2D eigenvalue weighted by atomic mass is 10.0. The van der Waals surface area contributed by atoms with E-state index >= 15 is 0 Å². The molecule has 1 heterocycles. The maximum absolute atomic E-state index is 13.6. The molecule has 0 spiro atoms. The summed E-state index contributed by atoms with van der Waals surface area (Å²) in [6, 6.07) is 3.48. The van der Waals surface area contributed by atoms with Gasteiger partial charge in [-0.1, -0.05) is 23.2 Å². The lowest BCUT2D eigenvalue weighted by molar-refractivity contribution is 0.215. The first kappa shape index (κ1) is 13.7. The molecule has 96 valence electrons. The number of thiophene rings is 1. The quantitative estimate of drug-likeness (QED) is 0.851. The van der Waals surface area contributed by atoms with Crippen LogP contribution in [-0.4, -0.2) is 5.11 Å². The third-order valence-electron chi connectivity index (χ3n) is 2.55. The van der Waals surface area contributed by atoms with Gasteiger partial charge in [0.2, 0.25) is 0 Å². The first-order valence-electron chi connectivity index (χ1n) is 4.98. The van der Waals surface area contributed by atoms with Gasteiger partial charge in [-0.15, -0.1) is 11.3 Å². The Hall–Kier alpha value is -0.680. The zero-order valence-corrected chi connectivity index (χ0v) is 11.5. The van der Waals surface area contributed by atoms with Gasteiger partial charge in [-0.25, -0.2) is 8.78 Å². The van der Waals surface area contributed by atoms with E-state index in [2.05, 4.69) is 0 Å². The van der Waals surface area contributed by atoms with E-state index in [1.54, 1.807) is 0 Å². The largest absolute Gasteiger partial charge is 0.383 e. The van der Waals surface area contributed by atoms with Crippen molar-refractivity contribution in [3.05, 3.63) is 55.2 Å². The zero-order chi connectivity index (χ0) is 13.4. The molecule has 1 aromatic heterocycles. The monoisotopic (exact) mass is 308 g/mol. The standard InChI is InChI=1S/C12H8Cl2F2OS/c1-5-2-6(9(16)4-8(5)15)11(17)7-3-10(13)18-12(7)14/h2-4,11,17H,1H3. The molecule has 0 aliphatic heterocycles. The Labute approximate surface area is 117 Å². The SMILES string of the molecule is Cc1cc(C(O)c2cc(Cl)sc2Cl)c(F)cc1F. The van der Waals surface area contributed by atoms with Crippen LogP contribution in [0.3, 0.4) is 0 Å². The number of aliphatic hydroxyl groups is 1. The third-order valence-corrected chi connectivity index (χ3v) is 4.07. The van der Waals surface area contributed by atoms with Gasteiger partial charge in [-0.3, -0.25) is 0 Å². The summed E-state index contributed by atoms with van der Waals surface area (Å²) >= 11 is 12.7. The molecular formula is C12H8Cl2F2OS. The Bertz CT molecular complexity index is 598. The highest BCUT2D eigenvalue weighted by Crippen LogP contribution is 2.38. The summed E-state index contributed by atoms with van der Waals surface area (Å²) < 4.78 is 27.5. The highest BCUT2D eigenvalue weighted by Gasteiger charge is 2.21. The lowest BCUT2D eigenvalue weighted by Gasteiger charge is -2.12. The van der Waals surface area contributed by atoms with E-state index in [9.17, 15) is 13.9 Å². The van der Waals surface area contributed by atoms with E-state index < -0.39 is 17.7 Å². The molecule has 0 fully saturated rings. The van der Waals surface area contributed by atoms with E-state index in [1.807, 2.05) is 0 Å². The van der Waals surface area contributed by atoms with Crippen LogP contribution >= 0.6 is 34.5 Å². The van der Waals surface area contributed by atoms with Gasteiger partial charge in [0.15, 0.2) is 0 Å². The van der Waals surface area contributed by atoms with Crippen molar-refractivity contribution in [1.82, 2.24) is 0 Å². The van der Waals surface area contributed by atoms with E-state index in [4.69, 9.17) is 23.2 Å². The minimum atomic E-state index is -1.26. The zero-order valence-electron chi connectivity index (χ0n) is 9.18. The molecule has 1 atom stereocenters. The van der Waals surface area contributed by atoms with Gasteiger partial charge in [0.05, 0.1) is 4.34 Å². The number of hydrogen-bond acceptors (Lipinski definition) is 2. The molecule has 0 saturated carbocycles. The smallest absolute Gasteiger partial charge is 0.132 e. The highest BCUT2D eigenvalue weighted by atomic mass is 35.5. The Morgan fingerprint density at radius 3 is 2.33 bits per heavy atom. The Balaban J connectivity index is 2.49. The first-order valence-corrected chi connectivity index (χ1v) is 6.55. The molecule has 18 heavy (non-hydrogen) atoms. The van der Waals surface area contributed by atoms with Crippen LogP contribution in [0.5, 0.6) is 0 Å². The van der Waals surface area contributed by atoms with Crippen molar-refractivity contribution < 1.29 is 13.9 Å². The molecule has 0 aliphatic carbocycles. The van der Waals surface area contributed by atoms with E-state index in [1.165, 1.54) is 19.1 Å². The molecule has 2 rings (SSSR count). The normalized spacial score (nSPS) is 12.8. The van der Waals surface area contributed by atoms with Gasteiger partial charge in [0, 0.05) is 17.2 Å². The molecule has 6 heteroatoms. The highest BCUT2D eigenvalue weighted by molar-refractivity contribution is 7.20. The molecule has 1 nitrogen and oxygen atoms in total. The van der Waals surface area contributed by atoms with Crippen LogP contribution in [0.2, 0.25) is 8.67 Å². The van der Waals surface area contributed by atoms with Gasteiger partial charge in [0.25, 0.3) is 0 Å². The summed E-state index contributed by atoms with van der Waals surface area (Å²) in [5.74, 6) is -1.47. The first-order chi connectivity index (χ1) is 8.40. The molecule has 0 aliphatic rings. The fourth-order valence-corrected chi connectivity index (χ4v) is 3.12.